The average Bonchev–Trinajstić information content (AvgIpc) is 3.23. The third kappa shape index (κ3) is 5.52. The number of carbonyl (C=O) groups excluding carboxylic acids is 1. The molecular weight excluding hydrogens is 426 g/mol. The number of amides is 1. The third-order valence-corrected chi connectivity index (χ3v) is 7.58. The molecule has 2 aromatic carbocycles. The second-order valence-corrected chi connectivity index (χ2v) is 9.84. The molecule has 3 aromatic rings. The second-order valence-electron chi connectivity index (χ2n) is 7.67. The van der Waals surface area contributed by atoms with E-state index in [1.807, 2.05) is 35.7 Å². The molecule has 1 aliphatic heterocycles. The predicted molar refractivity (Wildman–Crippen MR) is 131 cm³/mol. The SMILES string of the molecule is CCOc1cccc2sc(N3CCN(C(=O)CCCSc4ccc(C)cc4)CC3)nc12. The van der Waals surface area contributed by atoms with E-state index in [0.717, 1.165) is 59.5 Å². The molecule has 0 unspecified atom stereocenters. The minimum absolute atomic E-state index is 0.270. The van der Waals surface area contributed by atoms with Crippen molar-refractivity contribution in [3.05, 3.63) is 48.0 Å². The number of anilines is 1. The molecular formula is C24H29N3O2S2. The minimum atomic E-state index is 0.270. The zero-order valence-corrected chi connectivity index (χ0v) is 19.8. The van der Waals surface area contributed by atoms with E-state index in [2.05, 4.69) is 42.2 Å². The zero-order chi connectivity index (χ0) is 21.6. The van der Waals surface area contributed by atoms with Crippen LogP contribution in [0.3, 0.4) is 0 Å². The van der Waals surface area contributed by atoms with Crippen molar-refractivity contribution < 1.29 is 9.53 Å². The van der Waals surface area contributed by atoms with Crippen LogP contribution in [0.1, 0.15) is 25.3 Å². The number of thioether (sulfide) groups is 1. The molecule has 0 aliphatic carbocycles. The molecule has 4 rings (SSSR count). The van der Waals surface area contributed by atoms with Gasteiger partial charge in [0.1, 0.15) is 11.3 Å². The van der Waals surface area contributed by atoms with Crippen LogP contribution in [0.15, 0.2) is 47.4 Å². The van der Waals surface area contributed by atoms with Crippen molar-refractivity contribution in [1.29, 1.82) is 0 Å². The third-order valence-electron chi connectivity index (χ3n) is 5.40. The monoisotopic (exact) mass is 455 g/mol. The molecule has 0 radical (unpaired) electrons. The second kappa shape index (κ2) is 10.4. The Bertz CT molecular complexity index is 1010. The molecule has 0 spiro atoms. The first-order chi connectivity index (χ1) is 15.1. The number of fused-ring (bicyclic) bond motifs is 1. The number of piperazine rings is 1. The quantitative estimate of drug-likeness (QED) is 0.344. The zero-order valence-electron chi connectivity index (χ0n) is 18.2. The van der Waals surface area contributed by atoms with Gasteiger partial charge in [-0.25, -0.2) is 4.98 Å². The molecule has 2 heterocycles. The van der Waals surface area contributed by atoms with Gasteiger partial charge in [0.05, 0.1) is 11.3 Å². The molecule has 1 amide bonds. The maximum Gasteiger partial charge on any atom is 0.222 e. The number of hydrogen-bond acceptors (Lipinski definition) is 6. The summed E-state index contributed by atoms with van der Waals surface area (Å²) in [5, 5.41) is 1.02. The molecule has 0 atom stereocenters. The van der Waals surface area contributed by atoms with Crippen molar-refractivity contribution in [3.63, 3.8) is 0 Å². The highest BCUT2D eigenvalue weighted by atomic mass is 32.2. The minimum Gasteiger partial charge on any atom is -0.492 e. The van der Waals surface area contributed by atoms with Gasteiger partial charge in [0, 0.05) is 37.5 Å². The van der Waals surface area contributed by atoms with Gasteiger partial charge >= 0.3 is 0 Å². The molecule has 1 aromatic heterocycles. The van der Waals surface area contributed by atoms with Crippen LogP contribution in [0.5, 0.6) is 5.75 Å². The van der Waals surface area contributed by atoms with Crippen molar-refractivity contribution in [2.75, 3.05) is 43.4 Å². The number of aromatic nitrogens is 1. The van der Waals surface area contributed by atoms with Gasteiger partial charge in [-0.05, 0) is 50.3 Å². The fourth-order valence-electron chi connectivity index (χ4n) is 3.67. The van der Waals surface area contributed by atoms with Gasteiger partial charge < -0.3 is 14.5 Å². The molecule has 0 saturated carbocycles. The maximum atomic E-state index is 12.6. The summed E-state index contributed by atoms with van der Waals surface area (Å²) < 4.78 is 6.86. The van der Waals surface area contributed by atoms with Crippen molar-refractivity contribution in [2.45, 2.75) is 31.6 Å². The lowest BCUT2D eigenvalue weighted by Gasteiger charge is -2.34. The first-order valence-electron chi connectivity index (χ1n) is 10.9. The molecule has 5 nitrogen and oxygen atoms in total. The van der Waals surface area contributed by atoms with Crippen LogP contribution >= 0.6 is 23.1 Å². The summed E-state index contributed by atoms with van der Waals surface area (Å²) in [6, 6.07) is 14.7. The summed E-state index contributed by atoms with van der Waals surface area (Å²) in [7, 11) is 0. The average molecular weight is 456 g/mol. The Kier molecular flexibility index (Phi) is 7.35. The van der Waals surface area contributed by atoms with E-state index in [0.29, 0.717) is 13.0 Å². The summed E-state index contributed by atoms with van der Waals surface area (Å²) in [6.07, 6.45) is 1.54. The van der Waals surface area contributed by atoms with Gasteiger partial charge in [0.15, 0.2) is 5.13 Å². The van der Waals surface area contributed by atoms with Crippen LogP contribution in [-0.2, 0) is 4.79 Å². The van der Waals surface area contributed by atoms with Gasteiger partial charge in [0.2, 0.25) is 5.91 Å². The van der Waals surface area contributed by atoms with Gasteiger partial charge in [0.25, 0.3) is 0 Å². The van der Waals surface area contributed by atoms with Crippen LogP contribution < -0.4 is 9.64 Å². The van der Waals surface area contributed by atoms with Crippen molar-refractivity contribution in [3.8, 4) is 5.75 Å². The van der Waals surface area contributed by atoms with Crippen LogP contribution in [0.2, 0.25) is 0 Å². The van der Waals surface area contributed by atoms with Crippen LogP contribution in [0, 0.1) is 6.92 Å². The summed E-state index contributed by atoms with van der Waals surface area (Å²) in [5.41, 5.74) is 2.22. The lowest BCUT2D eigenvalue weighted by Crippen LogP contribution is -2.48. The van der Waals surface area contributed by atoms with Crippen molar-refractivity contribution in [1.82, 2.24) is 9.88 Å². The molecule has 1 aliphatic rings. The van der Waals surface area contributed by atoms with E-state index in [9.17, 15) is 4.79 Å². The fourth-order valence-corrected chi connectivity index (χ4v) is 5.56. The van der Waals surface area contributed by atoms with Crippen LogP contribution in [0.25, 0.3) is 10.2 Å². The number of benzene rings is 2. The lowest BCUT2D eigenvalue weighted by molar-refractivity contribution is -0.131. The fraction of sp³-hybridized carbons (Fsp3) is 0.417. The van der Waals surface area contributed by atoms with Crippen molar-refractivity contribution >= 4 is 44.4 Å². The Morgan fingerprint density at radius 3 is 2.65 bits per heavy atom. The van der Waals surface area contributed by atoms with E-state index in [4.69, 9.17) is 9.72 Å². The number of aryl methyl sites for hydroxylation is 1. The van der Waals surface area contributed by atoms with E-state index < -0.39 is 0 Å². The van der Waals surface area contributed by atoms with Crippen LogP contribution in [-0.4, -0.2) is 54.3 Å². The Hall–Kier alpha value is -2.25. The number of nitrogens with zero attached hydrogens (tertiary/aromatic N) is 3. The normalized spacial score (nSPS) is 14.3. The van der Waals surface area contributed by atoms with E-state index >= 15 is 0 Å². The molecule has 31 heavy (non-hydrogen) atoms. The molecule has 7 heteroatoms. The molecule has 1 fully saturated rings. The molecule has 0 N–H and O–H groups in total. The number of thiazole rings is 1. The highest BCUT2D eigenvalue weighted by molar-refractivity contribution is 7.99. The smallest absolute Gasteiger partial charge is 0.222 e. The van der Waals surface area contributed by atoms with Gasteiger partial charge in [-0.1, -0.05) is 35.1 Å². The number of hydrogen-bond donors (Lipinski definition) is 0. The Balaban J connectivity index is 1.24. The highest BCUT2D eigenvalue weighted by Gasteiger charge is 2.23. The van der Waals surface area contributed by atoms with Gasteiger partial charge in [-0.2, -0.15) is 0 Å². The molecule has 0 bridgehead atoms. The maximum absolute atomic E-state index is 12.6. The highest BCUT2D eigenvalue weighted by Crippen LogP contribution is 2.34. The Morgan fingerprint density at radius 2 is 1.90 bits per heavy atom. The molecule has 1 saturated heterocycles. The first-order valence-corrected chi connectivity index (χ1v) is 12.7. The summed E-state index contributed by atoms with van der Waals surface area (Å²) in [6.45, 7) is 7.90. The standard InChI is InChI=1S/C24H29N3O2S2/c1-3-29-20-6-4-7-21-23(20)25-24(31-21)27-15-13-26(14-16-27)22(28)8-5-17-30-19-11-9-18(2)10-12-19/h4,6-7,9-12H,3,5,8,13-17H2,1-2H3. The lowest BCUT2D eigenvalue weighted by atomic mass is 10.2. The Morgan fingerprint density at radius 1 is 1.13 bits per heavy atom. The van der Waals surface area contributed by atoms with Crippen LogP contribution in [0.4, 0.5) is 5.13 Å². The predicted octanol–water partition coefficient (Wildman–Crippen LogP) is 5.22. The number of carbonyl (C=O) groups is 1. The van der Waals surface area contributed by atoms with E-state index in [1.165, 1.54) is 10.5 Å². The van der Waals surface area contributed by atoms with E-state index in [1.54, 1.807) is 11.3 Å². The van der Waals surface area contributed by atoms with Gasteiger partial charge in [-0.15, -0.1) is 11.8 Å². The number of para-hydroxylation sites is 1. The number of rotatable bonds is 8. The summed E-state index contributed by atoms with van der Waals surface area (Å²) in [5.74, 6) is 2.09. The Labute approximate surface area is 192 Å². The first kappa shape index (κ1) is 22.0. The summed E-state index contributed by atoms with van der Waals surface area (Å²) >= 11 is 3.52. The number of ether oxygens (including phenoxy) is 1. The van der Waals surface area contributed by atoms with Crippen molar-refractivity contribution in [2.24, 2.45) is 0 Å². The molecule has 164 valence electrons. The topological polar surface area (TPSA) is 45.7 Å². The largest absolute Gasteiger partial charge is 0.492 e. The summed E-state index contributed by atoms with van der Waals surface area (Å²) in [4.78, 5) is 23.0. The van der Waals surface area contributed by atoms with E-state index in [-0.39, 0.29) is 5.91 Å². The van der Waals surface area contributed by atoms with Gasteiger partial charge in [-0.3, -0.25) is 4.79 Å².